The fourth-order valence-electron chi connectivity index (χ4n) is 10.2. The molecule has 0 amide bonds. The summed E-state index contributed by atoms with van der Waals surface area (Å²) in [6.45, 7) is 0. The van der Waals surface area contributed by atoms with E-state index in [0.29, 0.717) is 27.5 Å². The van der Waals surface area contributed by atoms with Gasteiger partial charge in [-0.2, -0.15) is 9.97 Å². The van der Waals surface area contributed by atoms with Gasteiger partial charge in [-0.3, -0.25) is 4.57 Å². The van der Waals surface area contributed by atoms with Gasteiger partial charge in [0.25, 0.3) is 0 Å². The van der Waals surface area contributed by atoms with Crippen LogP contribution in [0, 0.1) is 0 Å². The van der Waals surface area contributed by atoms with Crippen molar-refractivity contribution in [1.29, 1.82) is 0 Å². The molecule has 0 saturated heterocycles. The molecular weight excluding hydrogens is 941 g/mol. The molecule has 6 nitrogen and oxygen atoms in total. The highest BCUT2D eigenvalue weighted by Crippen LogP contribution is 2.41. The van der Waals surface area contributed by atoms with E-state index in [1.807, 2.05) is 60.7 Å². The fraction of sp³-hybridized carbons (Fsp3) is 0. The summed E-state index contributed by atoms with van der Waals surface area (Å²) < 4.78 is 295. The maximum atomic E-state index is 10.3. The van der Waals surface area contributed by atoms with Crippen molar-refractivity contribution < 1.29 is 42.5 Å². The summed E-state index contributed by atoms with van der Waals surface area (Å²) in [5.41, 5.74) is -0.155. The Morgan fingerprint density at radius 3 is 1.37 bits per heavy atom. The topological polar surface area (TPSA) is 53.5 Å². The molecule has 0 spiro atoms. The summed E-state index contributed by atoms with van der Waals surface area (Å²) in [6, 6.07) is -6.54. The summed E-state index contributed by atoms with van der Waals surface area (Å²) >= 11 is 0. The van der Waals surface area contributed by atoms with E-state index in [1.165, 1.54) is 0 Å². The van der Waals surface area contributed by atoms with Gasteiger partial charge in [-0.05, 0) is 69.2 Å². The van der Waals surface area contributed by atoms with Crippen molar-refractivity contribution in [2.45, 2.75) is 0 Å². The average molecular weight is 1020 g/mol. The fourth-order valence-corrected chi connectivity index (χ4v) is 13.7. The molecule has 15 aromatic rings. The number of para-hydroxylation sites is 5. The van der Waals surface area contributed by atoms with E-state index in [0.717, 1.165) is 26.4 Å². The van der Waals surface area contributed by atoms with Crippen molar-refractivity contribution in [1.82, 2.24) is 28.7 Å². The summed E-state index contributed by atoms with van der Waals surface area (Å²) in [4.78, 5) is 14.0. The quantitative estimate of drug-likeness (QED) is 0.107. The predicted molar refractivity (Wildman–Crippen MR) is 317 cm³/mol. The minimum Gasteiger partial charge on any atom is -0.309 e. The van der Waals surface area contributed by atoms with Crippen molar-refractivity contribution in [2.75, 3.05) is 0 Å². The van der Waals surface area contributed by atoms with Gasteiger partial charge in [0.05, 0.1) is 81.3 Å². The maximum absolute atomic E-state index is 10.3. The van der Waals surface area contributed by atoms with E-state index in [2.05, 4.69) is 9.55 Å². The zero-order valence-electron chi connectivity index (χ0n) is 69.8. The third-order valence-electron chi connectivity index (χ3n) is 13.3. The maximum Gasteiger partial charge on any atom is 0.238 e. The molecular formula is C69H46N6Si. The summed E-state index contributed by atoms with van der Waals surface area (Å²) in [5.74, 6) is -2.94. The van der Waals surface area contributed by atoms with Gasteiger partial charge >= 0.3 is 0 Å². The van der Waals surface area contributed by atoms with E-state index < -0.39 is 267 Å². The lowest BCUT2D eigenvalue weighted by molar-refractivity contribution is 0.950. The lowest BCUT2D eigenvalue weighted by Crippen LogP contribution is -2.74. The van der Waals surface area contributed by atoms with Gasteiger partial charge in [0.15, 0.2) is 19.7 Å². The molecule has 76 heavy (non-hydrogen) atoms. The first-order chi connectivity index (χ1) is 50.6. The molecule has 4 heterocycles. The van der Waals surface area contributed by atoms with Gasteiger partial charge in [0, 0.05) is 49.1 Å². The van der Waals surface area contributed by atoms with Crippen LogP contribution < -0.4 is 20.7 Å². The number of rotatable bonds is 9. The SMILES string of the molecule is [2H]c1c([2H])c([2H])c(-c2nc(-c3c([2H])c([2H])c([Si](c4c([2H])c([2H])c([2H])c([2H])c4[2H])(c4c([2H])c([2H])c([2H])c([2H])c4[2H])c4c([2H])c([2H])c([2H])c([2H])c4[2H])c([2H])c3[2H])nc(-n3c4c([2H])c([2H])c([2H])c([2H])c4c4c([2H])c([2H])c([2H])c(-n5c6ccccc6c6cc(-n7c8ccccc8c8ccccc87)ccc65)c43)n2)c([2H])c1[2H]. The van der Waals surface area contributed by atoms with Crippen molar-refractivity contribution >= 4 is 94.2 Å². The number of hydrogen-bond donors (Lipinski definition) is 0. The Hall–Kier alpha value is -9.95. The zero-order valence-corrected chi connectivity index (χ0v) is 39.8. The van der Waals surface area contributed by atoms with Crippen LogP contribution in [-0.4, -0.2) is 36.7 Å². The van der Waals surface area contributed by atoms with Crippen molar-refractivity contribution in [3.8, 4) is 40.1 Å². The predicted octanol–water partition coefficient (Wildman–Crippen LogP) is 13.9. The van der Waals surface area contributed by atoms with Gasteiger partial charge in [0.1, 0.15) is 0 Å². The Balaban J connectivity index is 1.13. The number of hydrogen-bond acceptors (Lipinski definition) is 3. The number of fused-ring (bicyclic) bond motifs is 9. The van der Waals surface area contributed by atoms with Crippen molar-refractivity contribution in [3.63, 3.8) is 0 Å². The summed E-state index contributed by atoms with van der Waals surface area (Å²) in [7, 11) is -6.46. The minimum atomic E-state index is -6.46. The van der Waals surface area contributed by atoms with E-state index in [-0.39, 0.29) is 5.69 Å². The molecule has 15 rings (SSSR count). The van der Waals surface area contributed by atoms with E-state index in [9.17, 15) is 24.7 Å². The van der Waals surface area contributed by atoms with Crippen molar-refractivity contribution in [3.05, 3.63) is 278 Å². The molecule has 0 fully saturated rings. The van der Waals surface area contributed by atoms with Crippen LogP contribution in [-0.2, 0) is 0 Å². The molecule has 0 aliphatic rings. The van der Waals surface area contributed by atoms with Crippen LogP contribution in [0.1, 0.15) is 42.5 Å². The third-order valence-corrected chi connectivity index (χ3v) is 17.3. The van der Waals surface area contributed by atoms with Crippen molar-refractivity contribution in [2.24, 2.45) is 0 Å². The van der Waals surface area contributed by atoms with Crippen LogP contribution >= 0.6 is 0 Å². The van der Waals surface area contributed by atoms with Gasteiger partial charge < -0.3 is 9.13 Å². The second-order valence-corrected chi connectivity index (χ2v) is 20.7. The lowest BCUT2D eigenvalue weighted by Gasteiger charge is -2.34. The Morgan fingerprint density at radius 2 is 0.776 bits per heavy atom. The molecule has 0 bridgehead atoms. The van der Waals surface area contributed by atoms with Crippen LogP contribution in [0.5, 0.6) is 0 Å². The highest BCUT2D eigenvalue weighted by molar-refractivity contribution is 7.19. The molecule has 0 unspecified atom stereocenters. The van der Waals surface area contributed by atoms with Crippen LogP contribution in [0.15, 0.2) is 278 Å². The molecule has 11 aromatic carbocycles. The third kappa shape index (κ3) is 6.69. The monoisotopic (exact) mass is 1020 g/mol. The van der Waals surface area contributed by atoms with Crippen LogP contribution in [0.25, 0.3) is 106 Å². The van der Waals surface area contributed by atoms with Gasteiger partial charge in [0.2, 0.25) is 5.95 Å². The molecule has 0 aliphatic heterocycles. The second-order valence-electron chi connectivity index (χ2n) is 17.2. The highest BCUT2D eigenvalue weighted by atomic mass is 28.3. The zero-order chi connectivity index (χ0) is 77.1. The summed E-state index contributed by atoms with van der Waals surface area (Å²) in [6.07, 6.45) is 0. The smallest absolute Gasteiger partial charge is 0.238 e. The van der Waals surface area contributed by atoms with E-state index in [4.69, 9.17) is 27.8 Å². The first-order valence-corrected chi connectivity index (χ1v) is 25.3. The molecule has 4 aromatic heterocycles. The largest absolute Gasteiger partial charge is 0.309 e. The number of nitrogens with zero attached hydrogens (tertiary/aromatic N) is 6. The van der Waals surface area contributed by atoms with Gasteiger partial charge in [-0.15, -0.1) is 0 Å². The number of benzene rings is 11. The molecule has 356 valence electrons. The Bertz CT molecular complexity index is 6260. The van der Waals surface area contributed by atoms with Gasteiger partial charge in [-0.25, -0.2) is 4.98 Å². The lowest BCUT2D eigenvalue weighted by atomic mass is 10.1. The summed E-state index contributed by atoms with van der Waals surface area (Å²) in [5, 5.41) is -2.63. The Labute approximate surface area is 483 Å². The molecule has 0 saturated carbocycles. The molecule has 0 radical (unpaired) electrons. The van der Waals surface area contributed by atoms with Crippen LogP contribution in [0.2, 0.25) is 0 Å². The Morgan fingerprint density at radius 1 is 0.316 bits per heavy atom. The normalized spacial score (nSPS) is 17.7. The molecule has 7 heteroatoms. The first-order valence-electron chi connectivity index (χ1n) is 38.8. The Kier molecular flexibility index (Phi) is 5.25. The molecule has 0 aliphatic carbocycles. The van der Waals surface area contributed by atoms with Gasteiger partial charge in [-0.1, -0.05) is 230 Å². The average Bonchev–Trinajstić information content (AvgIpc) is 1.24. The van der Waals surface area contributed by atoms with E-state index in [1.54, 1.807) is 34.9 Å². The van der Waals surface area contributed by atoms with Crippen LogP contribution in [0.3, 0.4) is 0 Å². The molecule has 0 N–H and O–H groups in total. The first kappa shape index (κ1) is 22.7. The minimum absolute atomic E-state index is 0.306. The highest BCUT2D eigenvalue weighted by Gasteiger charge is 2.41. The second kappa shape index (κ2) is 17.6. The standard InChI is InChI=1S/C69H46N6Si/c1-5-22-47(23-6-1)67-70-68(48-40-43-53(44-41-48)76(50-24-7-2-8-25-50,51-26-9-3-10-27-51)52-28-11-4-12-29-52)72-69(71-67)75-63-38-20-15-32-56(63)58-34-21-39-65(66(58)75)74-62-37-19-16-33-57(62)59-46-49(42-45-64(59)74)73-60-35-17-13-30-54(60)55-31-14-18-36-61(55)73/h1-46H/i1D,2D,3D,4D,5D,6D,7D,8D,9D,10D,11D,12D,15D,20D,21D,22D,23D,24D,25D,26D,27D,28D,29D,32D,34D,38D,39D,40D,41D,43D,44D. The van der Waals surface area contributed by atoms with E-state index >= 15 is 0 Å². The number of aromatic nitrogens is 6. The van der Waals surface area contributed by atoms with Crippen LogP contribution in [0.4, 0.5) is 0 Å². The molecule has 0 atom stereocenters.